The monoisotopic (exact) mass is 316 g/mol. The van der Waals surface area contributed by atoms with Gasteiger partial charge >= 0.3 is 5.97 Å². The Labute approximate surface area is 138 Å². The lowest BCUT2D eigenvalue weighted by Crippen LogP contribution is -2.54. The molecule has 3 aliphatic carbocycles. The van der Waals surface area contributed by atoms with E-state index in [0.29, 0.717) is 12.3 Å². The molecule has 0 aromatic heterocycles. The summed E-state index contributed by atoms with van der Waals surface area (Å²) in [5.41, 5.74) is 0.0549. The van der Waals surface area contributed by atoms with Crippen molar-refractivity contribution < 1.29 is 14.7 Å². The van der Waals surface area contributed by atoms with E-state index in [9.17, 15) is 14.7 Å². The first-order valence-electron chi connectivity index (χ1n) is 8.87. The van der Waals surface area contributed by atoms with Crippen LogP contribution in [-0.2, 0) is 9.59 Å². The minimum Gasteiger partial charge on any atom is -0.481 e. The molecular formula is C20H28O3. The van der Waals surface area contributed by atoms with Crippen LogP contribution >= 0.6 is 0 Å². The molecule has 1 N–H and O–H groups in total. The molecule has 126 valence electrons. The average Bonchev–Trinajstić information content (AvgIpc) is 2.80. The number of hydrogen-bond donors (Lipinski definition) is 1. The topological polar surface area (TPSA) is 54.4 Å². The van der Waals surface area contributed by atoms with Gasteiger partial charge < -0.3 is 5.11 Å². The number of ketones is 1. The highest BCUT2D eigenvalue weighted by Gasteiger charge is 2.64. The maximum Gasteiger partial charge on any atom is 0.310 e. The molecule has 3 aliphatic rings. The van der Waals surface area contributed by atoms with E-state index >= 15 is 0 Å². The van der Waals surface area contributed by atoms with Crippen molar-refractivity contribution in [1.82, 2.24) is 0 Å². The van der Waals surface area contributed by atoms with Gasteiger partial charge in [0.1, 0.15) is 0 Å². The van der Waals surface area contributed by atoms with Crippen molar-refractivity contribution in [3.05, 3.63) is 23.8 Å². The van der Waals surface area contributed by atoms with Crippen LogP contribution in [-0.4, -0.2) is 16.9 Å². The van der Waals surface area contributed by atoms with Gasteiger partial charge in [0.05, 0.1) is 5.41 Å². The standard InChI is InChI=1S/C20H28O3/c1-12(2)14-5-6-15-17-16(21)11-13(3)7-8-19(17,4)9-10-20(14,15)18(22)23/h7-8,11-12,14-15,17H,5-6,9-10H2,1-4H3,(H,22,23)/t14-,15?,17?,19-,20+/m1/s1. The molecule has 0 heterocycles. The van der Waals surface area contributed by atoms with Gasteiger partial charge in [-0.15, -0.1) is 0 Å². The zero-order chi connectivity index (χ0) is 17.0. The van der Waals surface area contributed by atoms with Gasteiger partial charge in [0.15, 0.2) is 5.78 Å². The highest BCUT2D eigenvalue weighted by molar-refractivity contribution is 5.95. The van der Waals surface area contributed by atoms with Crippen molar-refractivity contribution in [2.24, 2.45) is 34.5 Å². The number of allylic oxidation sites excluding steroid dienone is 4. The zero-order valence-electron chi connectivity index (χ0n) is 14.6. The molecule has 0 aliphatic heterocycles. The molecule has 0 amide bonds. The molecule has 3 heteroatoms. The molecule has 2 fully saturated rings. The Kier molecular flexibility index (Phi) is 3.81. The average molecular weight is 316 g/mol. The molecule has 0 bridgehead atoms. The fraction of sp³-hybridized carbons (Fsp3) is 0.700. The summed E-state index contributed by atoms with van der Waals surface area (Å²) >= 11 is 0. The predicted molar refractivity (Wildman–Crippen MR) is 89.9 cm³/mol. The Balaban J connectivity index is 2.11. The van der Waals surface area contributed by atoms with Crippen LogP contribution in [0.2, 0.25) is 0 Å². The molecule has 23 heavy (non-hydrogen) atoms. The maximum absolute atomic E-state index is 12.9. The van der Waals surface area contributed by atoms with Gasteiger partial charge in [-0.3, -0.25) is 9.59 Å². The van der Waals surface area contributed by atoms with E-state index < -0.39 is 11.4 Å². The molecule has 0 radical (unpaired) electrons. The van der Waals surface area contributed by atoms with Crippen molar-refractivity contribution in [2.45, 2.75) is 53.4 Å². The third-order valence-electron chi connectivity index (χ3n) is 6.91. The van der Waals surface area contributed by atoms with Gasteiger partial charge in [-0.1, -0.05) is 32.9 Å². The second-order valence-corrected chi connectivity index (χ2v) is 8.49. The van der Waals surface area contributed by atoms with Crippen LogP contribution in [0.1, 0.15) is 53.4 Å². The Bertz CT molecular complexity index is 600. The third kappa shape index (κ3) is 2.23. The fourth-order valence-corrected chi connectivity index (χ4v) is 5.82. The van der Waals surface area contributed by atoms with E-state index in [1.807, 2.05) is 13.0 Å². The van der Waals surface area contributed by atoms with Crippen LogP contribution in [0.3, 0.4) is 0 Å². The van der Waals surface area contributed by atoms with Crippen LogP contribution in [0.5, 0.6) is 0 Å². The lowest BCUT2D eigenvalue weighted by atomic mass is 9.50. The van der Waals surface area contributed by atoms with Crippen LogP contribution in [0.15, 0.2) is 23.8 Å². The molecular weight excluding hydrogens is 288 g/mol. The summed E-state index contributed by atoms with van der Waals surface area (Å²) < 4.78 is 0. The third-order valence-corrected chi connectivity index (χ3v) is 6.91. The lowest BCUT2D eigenvalue weighted by molar-refractivity contribution is -0.165. The summed E-state index contributed by atoms with van der Waals surface area (Å²) in [6.07, 6.45) is 9.21. The maximum atomic E-state index is 12.9. The zero-order valence-corrected chi connectivity index (χ0v) is 14.6. The lowest BCUT2D eigenvalue weighted by Gasteiger charge is -2.51. The van der Waals surface area contributed by atoms with Crippen LogP contribution < -0.4 is 0 Å². The number of carboxylic acids is 1. The number of hydrogen-bond acceptors (Lipinski definition) is 2. The number of carbonyl (C=O) groups is 2. The van der Waals surface area contributed by atoms with Crippen molar-refractivity contribution >= 4 is 11.8 Å². The molecule has 5 atom stereocenters. The van der Waals surface area contributed by atoms with Crippen molar-refractivity contribution in [3.8, 4) is 0 Å². The van der Waals surface area contributed by atoms with Gasteiger partial charge in [-0.25, -0.2) is 0 Å². The Hall–Kier alpha value is -1.38. The fourth-order valence-electron chi connectivity index (χ4n) is 5.82. The smallest absolute Gasteiger partial charge is 0.310 e. The number of aliphatic carboxylic acids is 1. The minimum atomic E-state index is -0.714. The van der Waals surface area contributed by atoms with Crippen LogP contribution in [0.25, 0.3) is 0 Å². The van der Waals surface area contributed by atoms with Crippen LogP contribution in [0.4, 0.5) is 0 Å². The van der Waals surface area contributed by atoms with E-state index in [1.54, 1.807) is 6.08 Å². The Morgan fingerprint density at radius 3 is 2.61 bits per heavy atom. The normalized spacial score (nSPS) is 42.9. The molecule has 0 aromatic carbocycles. The molecule has 0 saturated heterocycles. The van der Waals surface area contributed by atoms with E-state index in [4.69, 9.17) is 0 Å². The van der Waals surface area contributed by atoms with Gasteiger partial charge in [-0.2, -0.15) is 0 Å². The first kappa shape index (κ1) is 16.5. The molecule has 3 rings (SSSR count). The summed E-state index contributed by atoms with van der Waals surface area (Å²) in [5.74, 6) is -0.249. The van der Waals surface area contributed by atoms with Gasteiger partial charge in [0.2, 0.25) is 0 Å². The Morgan fingerprint density at radius 1 is 1.30 bits per heavy atom. The second-order valence-electron chi connectivity index (χ2n) is 8.49. The molecule has 2 saturated carbocycles. The van der Waals surface area contributed by atoms with Crippen molar-refractivity contribution in [3.63, 3.8) is 0 Å². The van der Waals surface area contributed by atoms with E-state index in [2.05, 4.69) is 26.8 Å². The number of carboxylic acid groups (broad SMARTS) is 1. The first-order chi connectivity index (χ1) is 10.7. The highest BCUT2D eigenvalue weighted by atomic mass is 16.4. The second kappa shape index (κ2) is 5.32. The minimum absolute atomic E-state index is 0.0366. The van der Waals surface area contributed by atoms with Crippen molar-refractivity contribution in [1.29, 1.82) is 0 Å². The van der Waals surface area contributed by atoms with Crippen molar-refractivity contribution in [2.75, 3.05) is 0 Å². The summed E-state index contributed by atoms with van der Waals surface area (Å²) in [5, 5.41) is 10.2. The number of rotatable bonds is 2. The SMILES string of the molecule is CC1=CC(=O)C2C3CC[C@H](C(C)C)[C@@]3(C(=O)O)CC[C@@]2(C)C=C1. The molecule has 2 unspecified atom stereocenters. The van der Waals surface area contributed by atoms with E-state index in [-0.39, 0.29) is 29.0 Å². The number of fused-ring (bicyclic) bond motifs is 3. The van der Waals surface area contributed by atoms with Gasteiger partial charge in [-0.05, 0) is 67.4 Å². The Morgan fingerprint density at radius 2 is 2.00 bits per heavy atom. The molecule has 0 spiro atoms. The van der Waals surface area contributed by atoms with Crippen LogP contribution in [0, 0.1) is 34.5 Å². The summed E-state index contributed by atoms with van der Waals surface area (Å²) in [4.78, 5) is 25.3. The summed E-state index contributed by atoms with van der Waals surface area (Å²) in [6.45, 7) is 8.35. The summed E-state index contributed by atoms with van der Waals surface area (Å²) in [7, 11) is 0. The predicted octanol–water partition coefficient (Wildman–Crippen LogP) is 4.24. The number of carbonyl (C=O) groups excluding carboxylic acids is 1. The molecule has 3 nitrogen and oxygen atoms in total. The van der Waals surface area contributed by atoms with Gasteiger partial charge in [0.25, 0.3) is 0 Å². The highest BCUT2D eigenvalue weighted by Crippen LogP contribution is 2.64. The molecule has 0 aromatic rings. The first-order valence-corrected chi connectivity index (χ1v) is 8.87. The summed E-state index contributed by atoms with van der Waals surface area (Å²) in [6, 6.07) is 0. The van der Waals surface area contributed by atoms with E-state index in [0.717, 1.165) is 24.8 Å². The van der Waals surface area contributed by atoms with Gasteiger partial charge in [0, 0.05) is 5.92 Å². The van der Waals surface area contributed by atoms with E-state index in [1.165, 1.54) is 0 Å². The largest absolute Gasteiger partial charge is 0.481 e. The quantitative estimate of drug-likeness (QED) is 0.829.